The minimum atomic E-state index is -3.13. The van der Waals surface area contributed by atoms with Crippen LogP contribution in [0.15, 0.2) is 35.2 Å². The Labute approximate surface area is 92.2 Å². The van der Waals surface area contributed by atoms with Gasteiger partial charge in [0.15, 0.2) is 9.84 Å². The third-order valence-electron chi connectivity index (χ3n) is 2.64. The molecule has 0 aliphatic rings. The van der Waals surface area contributed by atoms with E-state index in [2.05, 4.69) is 0 Å². The van der Waals surface area contributed by atoms with Crippen molar-refractivity contribution in [3.63, 3.8) is 0 Å². The lowest BCUT2D eigenvalue weighted by Crippen LogP contribution is -2.23. The van der Waals surface area contributed by atoms with Gasteiger partial charge in [-0.3, -0.25) is 0 Å². The van der Waals surface area contributed by atoms with E-state index >= 15 is 0 Å². The van der Waals surface area contributed by atoms with Crippen molar-refractivity contribution in [1.29, 1.82) is 0 Å². The lowest BCUT2D eigenvalue weighted by molar-refractivity contribution is 0.396. The quantitative estimate of drug-likeness (QED) is 0.791. The van der Waals surface area contributed by atoms with Gasteiger partial charge < -0.3 is 0 Å². The van der Waals surface area contributed by atoms with Crippen molar-refractivity contribution in [2.24, 2.45) is 5.41 Å². The Morgan fingerprint density at radius 3 is 2.13 bits per heavy atom. The van der Waals surface area contributed by atoms with Gasteiger partial charge in [0, 0.05) is 0 Å². The van der Waals surface area contributed by atoms with Crippen LogP contribution in [-0.4, -0.2) is 14.2 Å². The summed E-state index contributed by atoms with van der Waals surface area (Å²) in [6, 6.07) is 8.64. The van der Waals surface area contributed by atoms with Gasteiger partial charge in [0.05, 0.1) is 10.6 Å². The largest absolute Gasteiger partial charge is 0.224 e. The van der Waals surface area contributed by atoms with Crippen LogP contribution in [0, 0.1) is 5.41 Å². The van der Waals surface area contributed by atoms with Gasteiger partial charge in [-0.05, 0) is 17.5 Å². The van der Waals surface area contributed by atoms with Gasteiger partial charge in [-0.15, -0.1) is 0 Å². The molecule has 1 aromatic carbocycles. The highest BCUT2D eigenvalue weighted by Crippen LogP contribution is 2.25. The fourth-order valence-electron chi connectivity index (χ4n) is 1.33. The van der Waals surface area contributed by atoms with Crippen LogP contribution in [0.2, 0.25) is 0 Å². The number of hydrogen-bond donors (Lipinski definition) is 0. The molecule has 0 fully saturated rings. The number of hydrogen-bond acceptors (Lipinski definition) is 2. The first-order chi connectivity index (χ1) is 6.87. The second kappa shape index (κ2) is 4.35. The molecule has 15 heavy (non-hydrogen) atoms. The molecule has 1 rings (SSSR count). The number of rotatable bonds is 4. The molecule has 3 heteroatoms. The molecule has 0 saturated heterocycles. The van der Waals surface area contributed by atoms with Crippen LogP contribution in [0.1, 0.15) is 27.2 Å². The highest BCUT2D eigenvalue weighted by Gasteiger charge is 2.25. The maximum atomic E-state index is 12.0. The molecule has 0 N–H and O–H groups in total. The summed E-state index contributed by atoms with van der Waals surface area (Å²) in [4.78, 5) is 0.423. The SMILES string of the molecule is CCC(C)(C)CS(=O)(=O)c1ccccc1. The third kappa shape index (κ3) is 3.34. The topological polar surface area (TPSA) is 34.1 Å². The van der Waals surface area contributed by atoms with E-state index in [0.717, 1.165) is 6.42 Å². The van der Waals surface area contributed by atoms with Crippen molar-refractivity contribution in [1.82, 2.24) is 0 Å². The molecule has 0 aromatic heterocycles. The average Bonchev–Trinajstić information content (AvgIpc) is 2.18. The molecule has 0 amide bonds. The molecule has 0 saturated carbocycles. The average molecular weight is 226 g/mol. The third-order valence-corrected chi connectivity index (χ3v) is 4.79. The van der Waals surface area contributed by atoms with Gasteiger partial charge in [0.2, 0.25) is 0 Å². The Morgan fingerprint density at radius 2 is 1.67 bits per heavy atom. The zero-order valence-electron chi connectivity index (χ0n) is 9.53. The molecule has 0 bridgehead atoms. The van der Waals surface area contributed by atoms with E-state index < -0.39 is 9.84 Å². The summed E-state index contributed by atoms with van der Waals surface area (Å²) < 4.78 is 24.0. The molecule has 2 nitrogen and oxygen atoms in total. The summed E-state index contributed by atoms with van der Waals surface area (Å²) >= 11 is 0. The van der Waals surface area contributed by atoms with E-state index in [1.54, 1.807) is 24.3 Å². The van der Waals surface area contributed by atoms with Crippen molar-refractivity contribution in [2.75, 3.05) is 5.75 Å². The highest BCUT2D eigenvalue weighted by molar-refractivity contribution is 7.91. The molecular formula is C12H18O2S. The van der Waals surface area contributed by atoms with Gasteiger partial charge in [-0.2, -0.15) is 0 Å². The van der Waals surface area contributed by atoms with Gasteiger partial charge >= 0.3 is 0 Å². The molecule has 0 aliphatic heterocycles. The summed E-state index contributed by atoms with van der Waals surface area (Å²) in [6.45, 7) is 5.97. The van der Waals surface area contributed by atoms with E-state index in [4.69, 9.17) is 0 Å². The van der Waals surface area contributed by atoms with E-state index in [-0.39, 0.29) is 11.2 Å². The summed E-state index contributed by atoms with van der Waals surface area (Å²) in [5, 5.41) is 0. The molecule has 1 aromatic rings. The van der Waals surface area contributed by atoms with E-state index in [0.29, 0.717) is 4.90 Å². The minimum Gasteiger partial charge on any atom is -0.224 e. The van der Waals surface area contributed by atoms with Crippen LogP contribution in [0.4, 0.5) is 0 Å². The molecule has 0 radical (unpaired) electrons. The predicted octanol–water partition coefficient (Wildman–Crippen LogP) is 2.90. The first-order valence-corrected chi connectivity index (χ1v) is 6.80. The Bertz CT molecular complexity index is 405. The van der Waals surface area contributed by atoms with E-state index in [1.807, 2.05) is 26.8 Å². The second-order valence-corrected chi connectivity index (χ2v) is 6.58. The summed E-state index contributed by atoms with van der Waals surface area (Å²) in [6.07, 6.45) is 0.860. The van der Waals surface area contributed by atoms with Gasteiger partial charge in [-0.25, -0.2) is 8.42 Å². The van der Waals surface area contributed by atoms with Crippen LogP contribution in [0.3, 0.4) is 0 Å². The van der Waals surface area contributed by atoms with Crippen molar-refractivity contribution in [3.8, 4) is 0 Å². The molecule has 0 atom stereocenters. The normalized spacial score (nSPS) is 12.7. The maximum absolute atomic E-state index is 12.0. The molecular weight excluding hydrogens is 208 g/mol. The monoisotopic (exact) mass is 226 g/mol. The highest BCUT2D eigenvalue weighted by atomic mass is 32.2. The fraction of sp³-hybridized carbons (Fsp3) is 0.500. The Morgan fingerprint density at radius 1 is 1.13 bits per heavy atom. The molecule has 0 unspecified atom stereocenters. The zero-order valence-corrected chi connectivity index (χ0v) is 10.3. The van der Waals surface area contributed by atoms with Crippen LogP contribution in [-0.2, 0) is 9.84 Å². The lowest BCUT2D eigenvalue weighted by Gasteiger charge is -2.22. The second-order valence-electron chi connectivity index (χ2n) is 4.59. The number of benzene rings is 1. The molecule has 0 spiro atoms. The van der Waals surface area contributed by atoms with Crippen LogP contribution >= 0.6 is 0 Å². The van der Waals surface area contributed by atoms with Crippen molar-refractivity contribution in [2.45, 2.75) is 32.1 Å². The first-order valence-electron chi connectivity index (χ1n) is 5.15. The fourth-order valence-corrected chi connectivity index (χ4v) is 3.30. The standard InChI is InChI=1S/C12H18O2S/c1-4-12(2,3)10-15(13,14)11-8-6-5-7-9-11/h5-9H,4,10H2,1-3H3. The molecule has 0 aliphatic carbocycles. The minimum absolute atomic E-state index is 0.158. The summed E-state index contributed by atoms with van der Waals surface area (Å²) in [5.74, 6) is 0.209. The van der Waals surface area contributed by atoms with Crippen LogP contribution in [0.25, 0.3) is 0 Å². The van der Waals surface area contributed by atoms with Gasteiger partial charge in [0.1, 0.15) is 0 Å². The zero-order chi connectivity index (χ0) is 11.5. The maximum Gasteiger partial charge on any atom is 0.178 e. The van der Waals surface area contributed by atoms with E-state index in [1.165, 1.54) is 0 Å². The van der Waals surface area contributed by atoms with Gasteiger partial charge in [0.25, 0.3) is 0 Å². The summed E-state index contributed by atoms with van der Waals surface area (Å²) in [7, 11) is -3.13. The van der Waals surface area contributed by atoms with Crippen molar-refractivity contribution < 1.29 is 8.42 Å². The van der Waals surface area contributed by atoms with Crippen LogP contribution in [0.5, 0.6) is 0 Å². The predicted molar refractivity (Wildman–Crippen MR) is 62.6 cm³/mol. The smallest absolute Gasteiger partial charge is 0.178 e. The summed E-state index contributed by atoms with van der Waals surface area (Å²) in [5.41, 5.74) is -0.158. The van der Waals surface area contributed by atoms with E-state index in [9.17, 15) is 8.42 Å². The lowest BCUT2D eigenvalue weighted by atomic mass is 9.93. The Kier molecular flexibility index (Phi) is 3.55. The molecule has 84 valence electrons. The van der Waals surface area contributed by atoms with Crippen molar-refractivity contribution >= 4 is 9.84 Å². The number of sulfone groups is 1. The first kappa shape index (κ1) is 12.2. The van der Waals surface area contributed by atoms with Gasteiger partial charge in [-0.1, -0.05) is 45.4 Å². The Balaban J connectivity index is 2.96. The van der Waals surface area contributed by atoms with Crippen LogP contribution < -0.4 is 0 Å². The Hall–Kier alpha value is -0.830. The molecule has 0 heterocycles. The van der Waals surface area contributed by atoms with Crippen molar-refractivity contribution in [3.05, 3.63) is 30.3 Å².